The summed E-state index contributed by atoms with van der Waals surface area (Å²) in [6, 6.07) is 9.44. The van der Waals surface area contributed by atoms with E-state index >= 15 is 0 Å². The summed E-state index contributed by atoms with van der Waals surface area (Å²) in [6.45, 7) is 7.98. The van der Waals surface area contributed by atoms with Crippen molar-refractivity contribution in [3.05, 3.63) is 35.9 Å². The maximum Gasteiger partial charge on any atom is 0.408 e. The highest BCUT2D eigenvalue weighted by molar-refractivity contribution is 7.59. The third kappa shape index (κ3) is 7.17. The second-order valence-corrected chi connectivity index (χ2v) is 14.8. The Balaban J connectivity index is 1.52. The second-order valence-electron chi connectivity index (χ2n) is 12.1. The number of benzene rings is 1. The summed E-state index contributed by atoms with van der Waals surface area (Å²) in [5, 5.41) is 2.80. The Morgan fingerprint density at radius 2 is 1.59 bits per heavy atom. The predicted octanol–water partition coefficient (Wildman–Crippen LogP) is 6.75. The first-order chi connectivity index (χ1) is 17.6. The average molecular weight is 534 g/mol. The van der Waals surface area contributed by atoms with Gasteiger partial charge in [-0.15, -0.1) is 0 Å². The number of hydrogen-bond donors (Lipinski definition) is 1. The molecule has 4 saturated carbocycles. The number of hydrogen-bond acceptors (Lipinski definition) is 6. The molecule has 1 aromatic rings. The maximum absolute atomic E-state index is 14.8. The van der Waals surface area contributed by atoms with E-state index in [2.05, 4.69) is 5.32 Å². The van der Waals surface area contributed by atoms with Gasteiger partial charge in [0.2, 0.25) is 7.37 Å². The Bertz CT molecular complexity index is 945. The molecule has 0 radical (unpaired) electrons. The molecule has 0 saturated heterocycles. The molecule has 0 aromatic heterocycles. The van der Waals surface area contributed by atoms with Crippen LogP contribution >= 0.6 is 7.37 Å². The summed E-state index contributed by atoms with van der Waals surface area (Å²) < 4.78 is 32.4. The minimum absolute atomic E-state index is 0.0614. The molecular weight excluding hydrogens is 489 g/mol. The van der Waals surface area contributed by atoms with Gasteiger partial charge >= 0.3 is 12.1 Å². The van der Waals surface area contributed by atoms with Crippen molar-refractivity contribution in [2.45, 2.75) is 90.6 Å². The fourth-order valence-corrected chi connectivity index (χ4v) is 9.80. The highest BCUT2D eigenvalue weighted by atomic mass is 31.2. The highest BCUT2D eigenvalue weighted by Crippen LogP contribution is 2.64. The van der Waals surface area contributed by atoms with E-state index < -0.39 is 30.8 Å². The molecule has 4 aliphatic carbocycles. The van der Waals surface area contributed by atoms with Gasteiger partial charge in [0, 0.05) is 6.16 Å². The molecule has 4 fully saturated rings. The van der Waals surface area contributed by atoms with E-state index in [4.69, 9.17) is 14.0 Å². The number of alkyl carbamates (subject to hydrolysis) is 1. The van der Waals surface area contributed by atoms with E-state index in [9.17, 15) is 14.2 Å². The molecule has 0 spiro atoms. The van der Waals surface area contributed by atoms with Crippen molar-refractivity contribution < 1.29 is 28.2 Å². The zero-order valence-corrected chi connectivity index (χ0v) is 23.7. The standard InChI is InChI=1S/C29H44NO6P/c1-5-34-27(31)26(11-20(2)3)19-37(33,21(4)30-28(32)35-18-22-9-7-6-8-10-22)36-29-15-23-12-24(16-29)14-25(13-23)17-29/h6-10,20-21,23-26H,5,11-19H2,1-4H3,(H,30,32). The molecule has 8 heteroatoms. The van der Waals surface area contributed by atoms with Crippen LogP contribution in [0.1, 0.15) is 78.2 Å². The molecule has 3 unspecified atom stereocenters. The lowest BCUT2D eigenvalue weighted by atomic mass is 9.54. The molecule has 3 atom stereocenters. The smallest absolute Gasteiger partial charge is 0.408 e. The van der Waals surface area contributed by atoms with Crippen molar-refractivity contribution in [2.75, 3.05) is 12.8 Å². The number of nitrogens with one attached hydrogen (secondary N) is 1. The Hall–Kier alpha value is -1.85. The Morgan fingerprint density at radius 3 is 2.14 bits per heavy atom. The zero-order chi connectivity index (χ0) is 26.6. The van der Waals surface area contributed by atoms with E-state index in [1.165, 1.54) is 19.3 Å². The summed E-state index contributed by atoms with van der Waals surface area (Å²) in [4.78, 5) is 25.6. The van der Waals surface area contributed by atoms with Crippen LogP contribution in [-0.4, -0.2) is 36.2 Å². The number of carbonyl (C=O) groups excluding carboxylic acids is 2. The van der Waals surface area contributed by atoms with Crippen LogP contribution in [0.15, 0.2) is 30.3 Å². The fourth-order valence-electron chi connectivity index (χ4n) is 7.16. The molecule has 206 valence electrons. The largest absolute Gasteiger partial charge is 0.466 e. The molecule has 4 aliphatic rings. The zero-order valence-electron chi connectivity index (χ0n) is 22.8. The second kappa shape index (κ2) is 11.9. The lowest BCUT2D eigenvalue weighted by Gasteiger charge is -2.57. The van der Waals surface area contributed by atoms with Crippen molar-refractivity contribution in [1.82, 2.24) is 5.32 Å². The summed E-state index contributed by atoms with van der Waals surface area (Å²) >= 11 is 0. The molecule has 1 aromatic carbocycles. The van der Waals surface area contributed by atoms with Crippen LogP contribution in [0.4, 0.5) is 4.79 Å². The van der Waals surface area contributed by atoms with E-state index in [0.29, 0.717) is 24.2 Å². The monoisotopic (exact) mass is 533 g/mol. The van der Waals surface area contributed by atoms with Gasteiger partial charge in [-0.25, -0.2) is 4.79 Å². The van der Waals surface area contributed by atoms with Gasteiger partial charge in [-0.05, 0) is 88.0 Å². The molecule has 1 N–H and O–H groups in total. The van der Waals surface area contributed by atoms with Gasteiger partial charge in [0.1, 0.15) is 12.4 Å². The number of ether oxygens (including phenoxy) is 2. The Kier molecular flexibility index (Phi) is 9.06. The van der Waals surface area contributed by atoms with Crippen molar-refractivity contribution in [3.8, 4) is 0 Å². The number of amides is 1. The van der Waals surface area contributed by atoms with Crippen molar-refractivity contribution in [3.63, 3.8) is 0 Å². The van der Waals surface area contributed by atoms with Crippen molar-refractivity contribution in [1.29, 1.82) is 0 Å². The Labute approximate surface area is 221 Å². The lowest BCUT2D eigenvalue weighted by molar-refractivity contribution is -0.148. The number of carbonyl (C=O) groups is 2. The molecule has 0 heterocycles. The molecule has 0 aliphatic heterocycles. The fraction of sp³-hybridized carbons (Fsp3) is 0.724. The summed E-state index contributed by atoms with van der Waals surface area (Å²) in [5.41, 5.74) is 0.447. The molecular formula is C29H44NO6P. The van der Waals surface area contributed by atoms with Gasteiger partial charge in [0.25, 0.3) is 0 Å². The first-order valence-electron chi connectivity index (χ1n) is 14.0. The van der Waals surface area contributed by atoms with Gasteiger partial charge in [-0.3, -0.25) is 9.36 Å². The maximum atomic E-state index is 14.8. The molecule has 1 amide bonds. The Morgan fingerprint density at radius 1 is 1.00 bits per heavy atom. The van der Waals surface area contributed by atoms with Gasteiger partial charge in [0.15, 0.2) is 0 Å². The molecule has 5 rings (SSSR count). The van der Waals surface area contributed by atoms with Crippen LogP contribution in [0.2, 0.25) is 0 Å². The van der Waals surface area contributed by atoms with Crippen LogP contribution in [0.3, 0.4) is 0 Å². The van der Waals surface area contributed by atoms with E-state index in [-0.39, 0.29) is 31.3 Å². The summed E-state index contributed by atoms with van der Waals surface area (Å²) in [5.74, 6) is 0.406. The minimum Gasteiger partial charge on any atom is -0.466 e. The van der Waals surface area contributed by atoms with Gasteiger partial charge in [0.05, 0.1) is 18.1 Å². The average Bonchev–Trinajstić information content (AvgIpc) is 2.81. The normalized spacial score (nSPS) is 29.4. The van der Waals surface area contributed by atoms with Gasteiger partial charge in [-0.2, -0.15) is 0 Å². The van der Waals surface area contributed by atoms with Crippen LogP contribution < -0.4 is 5.32 Å². The first kappa shape index (κ1) is 28.2. The number of esters is 1. The highest BCUT2D eigenvalue weighted by Gasteiger charge is 2.55. The lowest BCUT2D eigenvalue weighted by Crippen LogP contribution is -2.52. The summed E-state index contributed by atoms with van der Waals surface area (Å²) in [7, 11) is -3.51. The molecule has 7 nitrogen and oxygen atoms in total. The van der Waals surface area contributed by atoms with Crippen molar-refractivity contribution >= 4 is 19.4 Å². The van der Waals surface area contributed by atoms with E-state index in [1.54, 1.807) is 13.8 Å². The predicted molar refractivity (Wildman–Crippen MR) is 143 cm³/mol. The van der Waals surface area contributed by atoms with Crippen LogP contribution in [-0.2, 0) is 30.0 Å². The first-order valence-corrected chi connectivity index (χ1v) is 15.9. The quantitative estimate of drug-likeness (QED) is 0.236. The molecule has 4 bridgehead atoms. The van der Waals surface area contributed by atoms with Crippen molar-refractivity contribution in [2.24, 2.45) is 29.6 Å². The number of rotatable bonds is 12. The van der Waals surface area contributed by atoms with E-state index in [0.717, 1.165) is 24.8 Å². The van der Waals surface area contributed by atoms with Gasteiger partial charge < -0.3 is 19.3 Å². The SMILES string of the molecule is CCOC(=O)C(CC(C)C)CP(=O)(OC12CC3CC(CC(C3)C1)C2)C(C)NC(=O)OCc1ccccc1. The van der Waals surface area contributed by atoms with Crippen LogP contribution in [0.5, 0.6) is 0 Å². The molecule has 37 heavy (non-hydrogen) atoms. The minimum atomic E-state index is -3.51. The van der Waals surface area contributed by atoms with E-state index in [1.807, 2.05) is 44.2 Å². The van der Waals surface area contributed by atoms with Crippen LogP contribution in [0, 0.1) is 29.6 Å². The third-order valence-corrected chi connectivity index (χ3v) is 11.3. The summed E-state index contributed by atoms with van der Waals surface area (Å²) in [6.07, 6.45) is 6.46. The van der Waals surface area contributed by atoms with Gasteiger partial charge in [-0.1, -0.05) is 44.2 Å². The topological polar surface area (TPSA) is 90.9 Å². The third-order valence-electron chi connectivity index (χ3n) is 8.31. The van der Waals surface area contributed by atoms with Crippen LogP contribution in [0.25, 0.3) is 0 Å².